The molecule has 8 heteroatoms. The van der Waals surface area contributed by atoms with Gasteiger partial charge in [0.05, 0.1) is 24.4 Å². The summed E-state index contributed by atoms with van der Waals surface area (Å²) in [6, 6.07) is 20.0. The number of amides is 1. The number of hydrogen-bond donors (Lipinski definition) is 0. The Morgan fingerprint density at radius 1 is 0.941 bits per heavy atom. The number of nitrogens with zero attached hydrogens (tertiary/aromatic N) is 3. The van der Waals surface area contributed by atoms with E-state index in [9.17, 15) is 4.79 Å². The van der Waals surface area contributed by atoms with Crippen LogP contribution in [0, 0.1) is 0 Å². The molecule has 0 saturated carbocycles. The van der Waals surface area contributed by atoms with E-state index in [0.29, 0.717) is 33.7 Å². The van der Waals surface area contributed by atoms with Crippen molar-refractivity contribution in [1.29, 1.82) is 0 Å². The van der Waals surface area contributed by atoms with Crippen LogP contribution >= 0.6 is 23.2 Å². The number of aromatic nitrogens is 1. The van der Waals surface area contributed by atoms with Gasteiger partial charge in [-0.05, 0) is 59.7 Å². The topological polar surface area (TPSA) is 64.0 Å². The molecule has 2 heterocycles. The molecule has 170 valence electrons. The van der Waals surface area contributed by atoms with Crippen LogP contribution in [-0.4, -0.2) is 29.2 Å². The number of carbonyl (C=O) groups excluding carboxylic acids is 1. The van der Waals surface area contributed by atoms with Crippen molar-refractivity contribution in [3.63, 3.8) is 0 Å². The summed E-state index contributed by atoms with van der Waals surface area (Å²) in [5.41, 5.74) is 3.36. The number of carbonyl (C=O) groups is 1. The Morgan fingerprint density at radius 2 is 1.74 bits per heavy atom. The van der Waals surface area contributed by atoms with Crippen molar-refractivity contribution in [3.05, 3.63) is 94.1 Å². The Bertz CT molecular complexity index is 1410. The van der Waals surface area contributed by atoms with Crippen molar-refractivity contribution in [2.75, 3.05) is 7.11 Å². The molecule has 4 aromatic rings. The molecule has 1 aromatic heterocycles. The predicted octanol–water partition coefficient (Wildman–Crippen LogP) is 6.65. The normalized spacial score (nSPS) is 15.3. The van der Waals surface area contributed by atoms with Crippen LogP contribution in [0.4, 0.5) is 0 Å². The van der Waals surface area contributed by atoms with Crippen molar-refractivity contribution in [3.8, 4) is 17.2 Å². The van der Waals surface area contributed by atoms with E-state index in [-0.39, 0.29) is 6.04 Å². The summed E-state index contributed by atoms with van der Waals surface area (Å²) in [6.07, 6.45) is 2.98. The van der Waals surface area contributed by atoms with E-state index in [2.05, 4.69) is 10.1 Å². The molecule has 3 aromatic carbocycles. The zero-order valence-corrected chi connectivity index (χ0v) is 19.6. The second-order valence-electron chi connectivity index (χ2n) is 7.74. The second-order valence-corrected chi connectivity index (χ2v) is 8.61. The van der Waals surface area contributed by atoms with E-state index in [1.165, 1.54) is 5.01 Å². The number of halogens is 2. The van der Waals surface area contributed by atoms with E-state index in [1.54, 1.807) is 31.5 Å². The van der Waals surface area contributed by atoms with Crippen molar-refractivity contribution in [2.24, 2.45) is 5.10 Å². The van der Waals surface area contributed by atoms with Crippen LogP contribution in [0.1, 0.15) is 23.6 Å². The van der Waals surface area contributed by atoms with Crippen LogP contribution in [0.3, 0.4) is 0 Å². The largest absolute Gasteiger partial charge is 0.493 e. The first-order chi connectivity index (χ1) is 16.6. The molecule has 1 aliphatic rings. The van der Waals surface area contributed by atoms with Crippen LogP contribution in [0.5, 0.6) is 17.2 Å². The highest BCUT2D eigenvalue weighted by atomic mass is 35.5. The number of benzene rings is 3. The Balaban J connectivity index is 1.43. The lowest BCUT2D eigenvalue weighted by molar-refractivity contribution is -0.119. The summed E-state index contributed by atoms with van der Waals surface area (Å²) < 4.78 is 11.8. The van der Waals surface area contributed by atoms with Gasteiger partial charge in [0, 0.05) is 28.0 Å². The van der Waals surface area contributed by atoms with Crippen LogP contribution in [0.25, 0.3) is 10.9 Å². The molecule has 0 fully saturated rings. The lowest BCUT2D eigenvalue weighted by Crippen LogP contribution is -2.17. The molecule has 0 N–H and O–H groups in total. The van der Waals surface area contributed by atoms with Crippen molar-refractivity contribution < 1.29 is 14.3 Å². The van der Waals surface area contributed by atoms with Gasteiger partial charge in [0.2, 0.25) is 6.41 Å². The number of methoxy groups -OCH3 is 1. The maximum Gasteiger partial charge on any atom is 0.230 e. The van der Waals surface area contributed by atoms with Crippen molar-refractivity contribution in [1.82, 2.24) is 9.99 Å². The molecule has 5 rings (SSSR count). The van der Waals surface area contributed by atoms with Crippen LogP contribution in [0.15, 0.2) is 78.0 Å². The minimum Gasteiger partial charge on any atom is -0.493 e. The number of pyridine rings is 1. The lowest BCUT2D eigenvalue weighted by Gasteiger charge is -2.19. The highest BCUT2D eigenvalue weighted by Crippen LogP contribution is 2.39. The second kappa shape index (κ2) is 9.33. The fourth-order valence-electron chi connectivity index (χ4n) is 3.99. The molecule has 0 radical (unpaired) electrons. The van der Waals surface area contributed by atoms with E-state index < -0.39 is 0 Å². The third kappa shape index (κ3) is 4.30. The molecule has 0 bridgehead atoms. The highest BCUT2D eigenvalue weighted by molar-refractivity contribution is 6.31. The number of hydrogen-bond acceptors (Lipinski definition) is 5. The summed E-state index contributed by atoms with van der Waals surface area (Å²) in [4.78, 5) is 16.1. The van der Waals surface area contributed by atoms with Gasteiger partial charge >= 0.3 is 0 Å². The standard InChI is InChI=1S/C26H19Cl2N3O3/c1-33-26-12-17(23-14-21(30-31(23)15-32)16-2-5-18(27)6-3-16)4-9-25(26)34-24-10-11-29-22-13-19(28)7-8-20(22)24/h2-13,15,23H,14H2,1H3. The first-order valence-electron chi connectivity index (χ1n) is 10.5. The van der Waals surface area contributed by atoms with Crippen LogP contribution < -0.4 is 9.47 Å². The minimum atomic E-state index is -0.255. The smallest absolute Gasteiger partial charge is 0.230 e. The molecular weight excluding hydrogens is 473 g/mol. The highest BCUT2D eigenvalue weighted by Gasteiger charge is 2.29. The van der Waals surface area contributed by atoms with E-state index >= 15 is 0 Å². The average Bonchev–Trinajstić information content (AvgIpc) is 3.29. The SMILES string of the molecule is COc1cc(C2CC(c3ccc(Cl)cc3)=NN2C=O)ccc1Oc1ccnc2cc(Cl)ccc12. The van der Waals surface area contributed by atoms with Gasteiger partial charge in [-0.1, -0.05) is 41.4 Å². The molecular formula is C26H19Cl2N3O3. The third-order valence-electron chi connectivity index (χ3n) is 5.68. The van der Waals surface area contributed by atoms with Crippen LogP contribution in [-0.2, 0) is 4.79 Å². The van der Waals surface area contributed by atoms with Gasteiger partial charge in [0.1, 0.15) is 5.75 Å². The molecule has 0 aliphatic carbocycles. The maximum absolute atomic E-state index is 11.8. The summed E-state index contributed by atoms with van der Waals surface area (Å²) in [7, 11) is 1.58. The molecule has 0 saturated heterocycles. The molecule has 6 nitrogen and oxygen atoms in total. The van der Waals surface area contributed by atoms with Gasteiger partial charge in [-0.2, -0.15) is 5.10 Å². The van der Waals surface area contributed by atoms with Gasteiger partial charge in [-0.15, -0.1) is 0 Å². The first kappa shape index (κ1) is 22.2. The molecule has 34 heavy (non-hydrogen) atoms. The first-order valence-corrected chi connectivity index (χ1v) is 11.3. The van der Waals surface area contributed by atoms with E-state index in [4.69, 9.17) is 32.7 Å². The summed E-state index contributed by atoms with van der Waals surface area (Å²) in [6.45, 7) is 0. The third-order valence-corrected chi connectivity index (χ3v) is 6.17. The molecule has 1 unspecified atom stereocenters. The summed E-state index contributed by atoms with van der Waals surface area (Å²) in [5, 5.41) is 8.02. The Kier molecular flexibility index (Phi) is 6.09. The van der Waals surface area contributed by atoms with Gasteiger partial charge in [-0.25, -0.2) is 5.01 Å². The fraction of sp³-hybridized carbons (Fsp3) is 0.115. The summed E-state index contributed by atoms with van der Waals surface area (Å²) >= 11 is 12.1. The minimum absolute atomic E-state index is 0.255. The molecule has 1 aliphatic heterocycles. The number of ether oxygens (including phenoxy) is 2. The maximum atomic E-state index is 11.8. The lowest BCUT2D eigenvalue weighted by atomic mass is 9.98. The van der Waals surface area contributed by atoms with E-state index in [0.717, 1.165) is 34.2 Å². The monoisotopic (exact) mass is 491 g/mol. The zero-order valence-electron chi connectivity index (χ0n) is 18.1. The Hall–Kier alpha value is -3.61. The van der Waals surface area contributed by atoms with Gasteiger partial charge < -0.3 is 9.47 Å². The predicted molar refractivity (Wildman–Crippen MR) is 133 cm³/mol. The van der Waals surface area contributed by atoms with Gasteiger partial charge in [-0.3, -0.25) is 9.78 Å². The van der Waals surface area contributed by atoms with Gasteiger partial charge in [0.25, 0.3) is 0 Å². The fourth-order valence-corrected chi connectivity index (χ4v) is 4.28. The number of fused-ring (bicyclic) bond motifs is 1. The van der Waals surface area contributed by atoms with Crippen molar-refractivity contribution >= 4 is 46.2 Å². The quantitative estimate of drug-likeness (QED) is 0.283. The van der Waals surface area contributed by atoms with Gasteiger partial charge in [0.15, 0.2) is 11.5 Å². The number of hydrazone groups is 1. The molecule has 1 amide bonds. The number of rotatable bonds is 6. The summed E-state index contributed by atoms with van der Waals surface area (Å²) in [5.74, 6) is 1.72. The Labute approximate surface area is 206 Å². The van der Waals surface area contributed by atoms with Crippen LogP contribution in [0.2, 0.25) is 10.0 Å². The molecule has 0 spiro atoms. The zero-order chi connectivity index (χ0) is 23.7. The van der Waals surface area contributed by atoms with E-state index in [1.807, 2.05) is 48.5 Å². The Morgan fingerprint density at radius 3 is 2.50 bits per heavy atom. The average molecular weight is 492 g/mol. The molecule has 1 atom stereocenters. The van der Waals surface area contributed by atoms with Crippen molar-refractivity contribution in [2.45, 2.75) is 12.5 Å².